The van der Waals surface area contributed by atoms with Crippen LogP contribution in [0.25, 0.3) is 0 Å². The third-order valence-electron chi connectivity index (χ3n) is 2.46. The van der Waals surface area contributed by atoms with Crippen LogP contribution in [0.3, 0.4) is 0 Å². The molecule has 0 saturated heterocycles. The van der Waals surface area contributed by atoms with Crippen LogP contribution in [-0.2, 0) is 0 Å². The van der Waals surface area contributed by atoms with Crippen molar-refractivity contribution in [2.24, 2.45) is 0 Å². The number of hydrogen-bond donors (Lipinski definition) is 1. The molecule has 1 aromatic carbocycles. The van der Waals surface area contributed by atoms with Gasteiger partial charge in [-0.3, -0.25) is 9.59 Å². The zero-order chi connectivity index (χ0) is 14.7. The monoisotopic (exact) mass is 293 g/mol. The van der Waals surface area contributed by atoms with E-state index in [0.717, 1.165) is 11.8 Å². The smallest absolute Gasteiger partial charge is 0.336 e. The summed E-state index contributed by atoms with van der Waals surface area (Å²) in [4.78, 5) is 34.7. The van der Waals surface area contributed by atoms with Gasteiger partial charge in [-0.1, -0.05) is 12.1 Å². The van der Waals surface area contributed by atoms with Gasteiger partial charge in [0, 0.05) is 11.0 Å². The van der Waals surface area contributed by atoms with Crippen LogP contribution in [0.15, 0.2) is 44.5 Å². The molecule has 0 aliphatic heterocycles. The number of carbonyl (C=O) groups excluding carboxylic acids is 1. The lowest BCUT2D eigenvalue weighted by Gasteiger charge is -2.04. The Kier molecular flexibility index (Phi) is 4.09. The molecule has 0 saturated carbocycles. The van der Waals surface area contributed by atoms with E-state index in [4.69, 9.17) is 9.63 Å². The SMILES string of the molecule is Cc1cc(=O)n(C(=O)CSc2ccccc2C(=O)O)o1. The lowest BCUT2D eigenvalue weighted by molar-refractivity contribution is 0.0692. The second-order valence-electron chi connectivity index (χ2n) is 3.96. The Hall–Kier alpha value is -2.28. The van der Waals surface area contributed by atoms with Gasteiger partial charge < -0.3 is 9.63 Å². The summed E-state index contributed by atoms with van der Waals surface area (Å²) in [5.74, 6) is -1.34. The summed E-state index contributed by atoms with van der Waals surface area (Å²) in [7, 11) is 0. The van der Waals surface area contributed by atoms with Gasteiger partial charge in [0.25, 0.3) is 11.5 Å². The van der Waals surface area contributed by atoms with Crippen molar-refractivity contribution in [2.75, 3.05) is 5.75 Å². The van der Waals surface area contributed by atoms with Gasteiger partial charge in [-0.15, -0.1) is 16.5 Å². The Bertz CT molecular complexity index is 716. The highest BCUT2D eigenvalue weighted by atomic mass is 32.2. The average Bonchev–Trinajstić information content (AvgIpc) is 2.75. The molecule has 0 unspecified atom stereocenters. The molecular formula is C13H11NO5S. The summed E-state index contributed by atoms with van der Waals surface area (Å²) in [6, 6.07) is 7.57. The van der Waals surface area contributed by atoms with Gasteiger partial charge in [0.15, 0.2) is 0 Å². The summed E-state index contributed by atoms with van der Waals surface area (Å²) in [6.45, 7) is 1.57. The van der Waals surface area contributed by atoms with Crippen molar-refractivity contribution < 1.29 is 19.2 Å². The Morgan fingerprint density at radius 2 is 2.05 bits per heavy atom. The normalized spacial score (nSPS) is 10.4. The average molecular weight is 293 g/mol. The van der Waals surface area contributed by atoms with Crippen LogP contribution in [0, 0.1) is 6.92 Å². The Labute approximate surface area is 118 Å². The number of carbonyl (C=O) groups is 2. The molecular weight excluding hydrogens is 282 g/mol. The number of nitrogens with zero attached hydrogens (tertiary/aromatic N) is 1. The first-order valence-electron chi connectivity index (χ1n) is 5.67. The van der Waals surface area contributed by atoms with Gasteiger partial charge >= 0.3 is 5.97 Å². The first-order chi connectivity index (χ1) is 9.49. The fraction of sp³-hybridized carbons (Fsp3) is 0.154. The summed E-state index contributed by atoms with van der Waals surface area (Å²) in [6.07, 6.45) is 0. The summed E-state index contributed by atoms with van der Waals surface area (Å²) in [5.41, 5.74) is -0.409. The number of carboxylic acid groups (broad SMARTS) is 1. The maximum Gasteiger partial charge on any atom is 0.336 e. The number of carboxylic acids is 1. The summed E-state index contributed by atoms with van der Waals surface area (Å²) >= 11 is 1.05. The van der Waals surface area contributed by atoms with Crippen molar-refractivity contribution in [3.63, 3.8) is 0 Å². The molecule has 1 N–H and O–H groups in total. The molecule has 6 nitrogen and oxygen atoms in total. The standard InChI is InChI=1S/C13H11NO5S/c1-8-6-11(15)14(19-8)12(16)7-20-10-5-3-2-4-9(10)13(17)18/h2-6H,7H2,1H3,(H,17,18). The molecule has 0 aliphatic rings. The molecule has 1 aromatic heterocycles. The zero-order valence-electron chi connectivity index (χ0n) is 10.5. The van der Waals surface area contributed by atoms with E-state index in [1.807, 2.05) is 0 Å². The fourth-order valence-electron chi connectivity index (χ4n) is 1.59. The molecule has 0 fully saturated rings. The quantitative estimate of drug-likeness (QED) is 0.866. The van der Waals surface area contributed by atoms with Crippen LogP contribution < -0.4 is 5.56 Å². The van der Waals surface area contributed by atoms with E-state index in [1.54, 1.807) is 25.1 Å². The van der Waals surface area contributed by atoms with Gasteiger partial charge in [0.2, 0.25) is 0 Å². The van der Waals surface area contributed by atoms with E-state index in [-0.39, 0.29) is 11.3 Å². The molecule has 0 aliphatic carbocycles. The molecule has 104 valence electrons. The highest BCUT2D eigenvalue weighted by Crippen LogP contribution is 2.22. The van der Waals surface area contributed by atoms with Gasteiger partial charge in [-0.2, -0.15) is 0 Å². The van der Waals surface area contributed by atoms with E-state index >= 15 is 0 Å². The van der Waals surface area contributed by atoms with Gasteiger partial charge in [0.05, 0.1) is 11.3 Å². The summed E-state index contributed by atoms with van der Waals surface area (Å²) in [5, 5.41) is 9.02. The minimum absolute atomic E-state index is 0.0862. The molecule has 1 heterocycles. The third-order valence-corrected chi connectivity index (χ3v) is 3.52. The Balaban J connectivity index is 2.13. The minimum atomic E-state index is -1.06. The first kappa shape index (κ1) is 14.1. The Morgan fingerprint density at radius 3 is 2.65 bits per heavy atom. The van der Waals surface area contributed by atoms with Crippen LogP contribution in [-0.4, -0.2) is 27.5 Å². The lowest BCUT2D eigenvalue weighted by atomic mass is 10.2. The number of rotatable bonds is 4. The number of aromatic carboxylic acids is 1. The van der Waals surface area contributed by atoms with Gasteiger partial charge in [-0.05, 0) is 19.1 Å². The number of aromatic nitrogens is 1. The first-order valence-corrected chi connectivity index (χ1v) is 6.66. The molecule has 7 heteroatoms. The van der Waals surface area contributed by atoms with Crippen LogP contribution in [0.5, 0.6) is 0 Å². The number of aryl methyl sites for hydroxylation is 1. The predicted molar refractivity (Wildman–Crippen MR) is 72.5 cm³/mol. The second-order valence-corrected chi connectivity index (χ2v) is 4.98. The van der Waals surface area contributed by atoms with Crippen molar-refractivity contribution in [1.29, 1.82) is 0 Å². The van der Waals surface area contributed by atoms with Crippen molar-refractivity contribution in [2.45, 2.75) is 11.8 Å². The van der Waals surface area contributed by atoms with Gasteiger partial charge in [-0.25, -0.2) is 4.79 Å². The van der Waals surface area contributed by atoms with Gasteiger partial charge in [0.1, 0.15) is 5.76 Å². The van der Waals surface area contributed by atoms with Crippen LogP contribution in [0.4, 0.5) is 0 Å². The van der Waals surface area contributed by atoms with E-state index in [1.165, 1.54) is 12.1 Å². The van der Waals surface area contributed by atoms with Crippen LogP contribution in [0.1, 0.15) is 20.9 Å². The maximum atomic E-state index is 11.8. The lowest BCUT2D eigenvalue weighted by Crippen LogP contribution is -2.23. The largest absolute Gasteiger partial charge is 0.478 e. The molecule has 0 radical (unpaired) electrons. The maximum absolute atomic E-state index is 11.8. The number of thioether (sulfide) groups is 1. The number of benzene rings is 1. The Morgan fingerprint density at radius 1 is 1.35 bits per heavy atom. The number of hydrogen-bond acceptors (Lipinski definition) is 5. The van der Waals surface area contributed by atoms with Crippen LogP contribution >= 0.6 is 11.8 Å². The van der Waals surface area contributed by atoms with Crippen molar-refractivity contribution in [1.82, 2.24) is 4.74 Å². The molecule has 0 atom stereocenters. The fourth-order valence-corrected chi connectivity index (χ4v) is 2.47. The topological polar surface area (TPSA) is 89.5 Å². The van der Waals surface area contributed by atoms with Crippen molar-refractivity contribution in [3.05, 3.63) is 52.0 Å². The summed E-state index contributed by atoms with van der Waals surface area (Å²) < 4.78 is 5.64. The van der Waals surface area contributed by atoms with E-state index in [9.17, 15) is 14.4 Å². The molecule has 20 heavy (non-hydrogen) atoms. The molecule has 0 spiro atoms. The van der Waals surface area contributed by atoms with Crippen LogP contribution in [0.2, 0.25) is 0 Å². The molecule has 0 amide bonds. The van der Waals surface area contributed by atoms with E-state index in [0.29, 0.717) is 15.4 Å². The highest BCUT2D eigenvalue weighted by molar-refractivity contribution is 8.00. The van der Waals surface area contributed by atoms with E-state index in [2.05, 4.69) is 0 Å². The molecule has 2 rings (SSSR count). The molecule has 0 bridgehead atoms. The zero-order valence-corrected chi connectivity index (χ0v) is 11.3. The second kappa shape index (κ2) is 5.79. The van der Waals surface area contributed by atoms with E-state index < -0.39 is 17.4 Å². The predicted octanol–water partition coefficient (Wildman–Crippen LogP) is 1.88. The third kappa shape index (κ3) is 3.00. The minimum Gasteiger partial charge on any atom is -0.478 e. The van der Waals surface area contributed by atoms with Crippen molar-refractivity contribution >= 4 is 23.6 Å². The highest BCUT2D eigenvalue weighted by Gasteiger charge is 2.15. The molecule has 2 aromatic rings. The van der Waals surface area contributed by atoms with Crippen molar-refractivity contribution in [3.8, 4) is 0 Å².